The van der Waals surface area contributed by atoms with Crippen LogP contribution in [0.3, 0.4) is 0 Å². The number of ether oxygens (including phenoxy) is 3. The van der Waals surface area contributed by atoms with E-state index in [0.29, 0.717) is 35.5 Å². The first-order valence-electron chi connectivity index (χ1n) is 9.76. The summed E-state index contributed by atoms with van der Waals surface area (Å²) in [4.78, 5) is 22.0. The van der Waals surface area contributed by atoms with E-state index in [9.17, 15) is 4.79 Å². The Hall–Kier alpha value is -2.55. The molecule has 4 rings (SSSR count). The van der Waals surface area contributed by atoms with E-state index in [1.54, 1.807) is 12.0 Å². The maximum absolute atomic E-state index is 13.5. The summed E-state index contributed by atoms with van der Waals surface area (Å²) in [5.41, 5.74) is 1.87. The molecule has 2 aromatic carbocycles. The molecule has 0 N–H and O–H groups in total. The SMILES string of the molecule is COc1ccc(C)c2sc(N(CCN(C)C)C(=O)C3COc4ccccc4O3)nc12.Cl. The molecule has 1 amide bonds. The molecular formula is C22H26ClN3O4S. The van der Waals surface area contributed by atoms with Gasteiger partial charge in [0.25, 0.3) is 5.91 Å². The smallest absolute Gasteiger partial charge is 0.273 e. The zero-order valence-electron chi connectivity index (χ0n) is 18.0. The number of anilines is 1. The first-order valence-corrected chi connectivity index (χ1v) is 10.6. The zero-order valence-corrected chi connectivity index (χ0v) is 19.6. The molecule has 0 saturated heterocycles. The summed E-state index contributed by atoms with van der Waals surface area (Å²) in [7, 11) is 5.58. The first kappa shape index (κ1) is 23.1. The highest BCUT2D eigenvalue weighted by atomic mass is 35.5. The number of aromatic nitrogens is 1. The van der Waals surface area contributed by atoms with E-state index >= 15 is 0 Å². The van der Waals surface area contributed by atoms with Gasteiger partial charge in [0.15, 0.2) is 16.6 Å². The van der Waals surface area contributed by atoms with Crippen molar-refractivity contribution in [2.24, 2.45) is 0 Å². The Labute approximate surface area is 191 Å². The van der Waals surface area contributed by atoms with Gasteiger partial charge in [-0.1, -0.05) is 29.5 Å². The number of rotatable bonds is 6. The van der Waals surface area contributed by atoms with Gasteiger partial charge in [-0.15, -0.1) is 12.4 Å². The Kier molecular flexibility index (Phi) is 7.25. The van der Waals surface area contributed by atoms with Crippen molar-refractivity contribution in [1.82, 2.24) is 9.88 Å². The summed E-state index contributed by atoms with van der Waals surface area (Å²) in [5.74, 6) is 1.77. The van der Waals surface area contributed by atoms with Gasteiger partial charge >= 0.3 is 0 Å². The van der Waals surface area contributed by atoms with Crippen molar-refractivity contribution in [2.75, 3.05) is 45.8 Å². The molecule has 166 valence electrons. The Morgan fingerprint density at radius 3 is 2.65 bits per heavy atom. The summed E-state index contributed by atoms with van der Waals surface area (Å²) in [6.07, 6.45) is -0.725. The molecule has 1 aromatic heterocycles. The predicted octanol–water partition coefficient (Wildman–Crippen LogP) is 3.77. The summed E-state index contributed by atoms with van der Waals surface area (Å²) < 4.78 is 18.2. The molecule has 9 heteroatoms. The van der Waals surface area contributed by atoms with E-state index in [1.165, 1.54) is 11.3 Å². The summed E-state index contributed by atoms with van der Waals surface area (Å²) >= 11 is 1.49. The maximum atomic E-state index is 13.5. The molecule has 0 saturated carbocycles. The molecule has 1 atom stereocenters. The number of amides is 1. The Balaban J connectivity index is 0.00000272. The lowest BCUT2D eigenvalue weighted by atomic mass is 10.2. The normalized spacial score (nSPS) is 14.9. The van der Waals surface area contributed by atoms with Crippen LogP contribution in [0.2, 0.25) is 0 Å². The number of carbonyl (C=O) groups is 1. The standard InChI is InChI=1S/C22H25N3O4S.ClH/c1-14-9-10-17(27-4)19-20(14)30-22(23-19)25(12-11-24(2)3)21(26)18-13-28-15-7-5-6-8-16(15)29-18;/h5-10,18H,11-13H2,1-4H3;1H. The van der Waals surface area contributed by atoms with Crippen LogP contribution in [0, 0.1) is 6.92 Å². The number of nitrogens with zero attached hydrogens (tertiary/aromatic N) is 3. The average Bonchev–Trinajstić information content (AvgIpc) is 3.19. The molecule has 0 aliphatic carbocycles. The van der Waals surface area contributed by atoms with Gasteiger partial charge in [0.2, 0.25) is 6.10 Å². The van der Waals surface area contributed by atoms with Crippen LogP contribution in [0.5, 0.6) is 17.2 Å². The number of thiazole rings is 1. The molecule has 0 radical (unpaired) electrons. The van der Waals surface area contributed by atoms with Crippen LogP contribution < -0.4 is 19.1 Å². The molecule has 1 aliphatic rings. The van der Waals surface area contributed by atoms with Gasteiger partial charge in [0.05, 0.1) is 11.8 Å². The third kappa shape index (κ3) is 4.71. The van der Waals surface area contributed by atoms with Gasteiger partial charge in [0.1, 0.15) is 17.9 Å². The fraction of sp³-hybridized carbons (Fsp3) is 0.364. The van der Waals surface area contributed by atoms with Gasteiger partial charge in [-0.05, 0) is 44.8 Å². The largest absolute Gasteiger partial charge is 0.494 e. The van der Waals surface area contributed by atoms with Gasteiger partial charge in [-0.2, -0.15) is 0 Å². The fourth-order valence-corrected chi connectivity index (χ4v) is 4.38. The lowest BCUT2D eigenvalue weighted by molar-refractivity contribution is -0.127. The number of likely N-dealkylation sites (N-methyl/N-ethyl adjacent to an activating group) is 1. The molecule has 7 nitrogen and oxygen atoms in total. The van der Waals surface area contributed by atoms with E-state index in [-0.39, 0.29) is 24.9 Å². The van der Waals surface area contributed by atoms with Gasteiger partial charge in [0, 0.05) is 13.1 Å². The lowest BCUT2D eigenvalue weighted by Gasteiger charge is -2.30. The number of hydrogen-bond acceptors (Lipinski definition) is 7. The molecular weight excluding hydrogens is 438 g/mol. The average molecular weight is 464 g/mol. The zero-order chi connectivity index (χ0) is 21.3. The number of carbonyl (C=O) groups excluding carboxylic acids is 1. The maximum Gasteiger partial charge on any atom is 0.273 e. The van der Waals surface area contributed by atoms with Crippen LogP contribution in [0.1, 0.15) is 5.56 Å². The molecule has 2 heterocycles. The molecule has 0 spiro atoms. The number of halogens is 1. The van der Waals surface area contributed by atoms with Crippen LogP contribution in [0.25, 0.3) is 10.2 Å². The molecule has 31 heavy (non-hydrogen) atoms. The second-order valence-corrected chi connectivity index (χ2v) is 8.39. The second kappa shape index (κ2) is 9.72. The van der Waals surface area contributed by atoms with Crippen molar-refractivity contribution in [3.63, 3.8) is 0 Å². The number of aryl methyl sites for hydroxylation is 1. The van der Waals surface area contributed by atoms with Crippen molar-refractivity contribution in [2.45, 2.75) is 13.0 Å². The van der Waals surface area contributed by atoms with E-state index in [0.717, 1.165) is 15.8 Å². The highest BCUT2D eigenvalue weighted by molar-refractivity contribution is 7.22. The number of para-hydroxylation sites is 2. The van der Waals surface area contributed by atoms with Crippen molar-refractivity contribution >= 4 is 45.0 Å². The van der Waals surface area contributed by atoms with E-state index in [2.05, 4.69) is 0 Å². The van der Waals surface area contributed by atoms with E-state index in [1.807, 2.05) is 62.3 Å². The van der Waals surface area contributed by atoms with E-state index < -0.39 is 6.10 Å². The van der Waals surface area contributed by atoms with Gasteiger partial charge < -0.3 is 19.1 Å². The summed E-state index contributed by atoms with van der Waals surface area (Å²) in [6.45, 7) is 3.39. The monoisotopic (exact) mass is 463 g/mol. The third-order valence-corrected chi connectivity index (χ3v) is 6.18. The third-order valence-electron chi connectivity index (χ3n) is 4.96. The number of hydrogen-bond donors (Lipinski definition) is 0. The fourth-order valence-electron chi connectivity index (χ4n) is 3.29. The topological polar surface area (TPSA) is 64.1 Å². The second-order valence-electron chi connectivity index (χ2n) is 7.42. The summed E-state index contributed by atoms with van der Waals surface area (Å²) in [5, 5.41) is 0.631. The van der Waals surface area contributed by atoms with Gasteiger partial charge in [-0.3, -0.25) is 9.69 Å². The number of methoxy groups -OCH3 is 1. The first-order chi connectivity index (χ1) is 14.5. The highest BCUT2D eigenvalue weighted by Gasteiger charge is 2.33. The van der Waals surface area contributed by atoms with Crippen molar-refractivity contribution in [3.05, 3.63) is 42.0 Å². The quantitative estimate of drug-likeness (QED) is 0.554. The van der Waals surface area contributed by atoms with Crippen molar-refractivity contribution < 1.29 is 19.0 Å². The van der Waals surface area contributed by atoms with Crippen molar-refractivity contribution in [3.8, 4) is 17.2 Å². The summed E-state index contributed by atoms with van der Waals surface area (Å²) in [6, 6.07) is 11.3. The van der Waals surface area contributed by atoms with E-state index in [4.69, 9.17) is 19.2 Å². The Morgan fingerprint density at radius 2 is 1.94 bits per heavy atom. The molecule has 1 unspecified atom stereocenters. The molecule has 3 aromatic rings. The molecule has 0 bridgehead atoms. The van der Waals surface area contributed by atoms with Crippen LogP contribution >= 0.6 is 23.7 Å². The minimum atomic E-state index is -0.725. The van der Waals surface area contributed by atoms with Crippen LogP contribution in [0.15, 0.2) is 36.4 Å². The number of benzene rings is 2. The Bertz CT molecular complexity index is 1070. The predicted molar refractivity (Wildman–Crippen MR) is 125 cm³/mol. The van der Waals surface area contributed by atoms with Crippen LogP contribution in [-0.4, -0.2) is 62.8 Å². The van der Waals surface area contributed by atoms with Crippen LogP contribution in [0.4, 0.5) is 5.13 Å². The van der Waals surface area contributed by atoms with Crippen LogP contribution in [-0.2, 0) is 4.79 Å². The lowest BCUT2D eigenvalue weighted by Crippen LogP contribution is -2.48. The van der Waals surface area contributed by atoms with Gasteiger partial charge in [-0.25, -0.2) is 4.98 Å². The molecule has 0 fully saturated rings. The number of fused-ring (bicyclic) bond motifs is 2. The van der Waals surface area contributed by atoms with Crippen molar-refractivity contribution in [1.29, 1.82) is 0 Å². The minimum absolute atomic E-state index is 0. The highest BCUT2D eigenvalue weighted by Crippen LogP contribution is 2.37. The molecule has 1 aliphatic heterocycles. The minimum Gasteiger partial charge on any atom is -0.494 e. The Morgan fingerprint density at radius 1 is 1.19 bits per heavy atom.